The maximum atomic E-state index is 11.4. The maximum Gasteiger partial charge on any atom is 0.265 e. The van der Waals surface area contributed by atoms with Crippen molar-refractivity contribution in [3.63, 3.8) is 0 Å². The number of nitrogens with zero attached hydrogens (tertiary/aromatic N) is 2. The Bertz CT molecular complexity index is 855. The van der Waals surface area contributed by atoms with Gasteiger partial charge < -0.3 is 20.0 Å². The second-order valence-electron chi connectivity index (χ2n) is 6.89. The SMILES string of the molecule is COc1cc2c(cc1OC)C(c1ccccc1)N(CCCNC(=O)/C=N/O)CC2. The largest absolute Gasteiger partial charge is 0.493 e. The van der Waals surface area contributed by atoms with Gasteiger partial charge in [0, 0.05) is 19.6 Å². The number of hydrogen-bond donors (Lipinski definition) is 2. The van der Waals surface area contributed by atoms with Gasteiger partial charge in [0.2, 0.25) is 0 Å². The molecule has 0 fully saturated rings. The second kappa shape index (κ2) is 9.93. The average Bonchev–Trinajstić information content (AvgIpc) is 2.76. The second-order valence-corrected chi connectivity index (χ2v) is 6.89. The minimum atomic E-state index is -0.395. The average molecular weight is 397 g/mol. The van der Waals surface area contributed by atoms with Crippen LogP contribution in [-0.2, 0) is 11.2 Å². The van der Waals surface area contributed by atoms with Crippen LogP contribution < -0.4 is 14.8 Å². The number of oxime groups is 1. The first kappa shape index (κ1) is 20.7. The molecular weight excluding hydrogens is 370 g/mol. The predicted octanol–water partition coefficient (Wildman–Crippen LogP) is 2.62. The van der Waals surface area contributed by atoms with Crippen LogP contribution in [0, 0.1) is 0 Å². The molecule has 0 aromatic heterocycles. The number of rotatable bonds is 8. The van der Waals surface area contributed by atoms with Gasteiger partial charge in [0.25, 0.3) is 5.91 Å². The van der Waals surface area contributed by atoms with E-state index in [1.165, 1.54) is 16.7 Å². The predicted molar refractivity (Wildman–Crippen MR) is 111 cm³/mol. The third-order valence-electron chi connectivity index (χ3n) is 5.19. The fourth-order valence-electron chi connectivity index (χ4n) is 3.86. The molecule has 2 aromatic carbocycles. The van der Waals surface area contributed by atoms with Gasteiger partial charge in [-0.25, -0.2) is 0 Å². The van der Waals surface area contributed by atoms with Crippen molar-refractivity contribution in [2.24, 2.45) is 5.16 Å². The van der Waals surface area contributed by atoms with E-state index in [0.717, 1.165) is 43.6 Å². The number of fused-ring (bicyclic) bond motifs is 1. The van der Waals surface area contributed by atoms with Crippen molar-refractivity contribution < 1.29 is 19.5 Å². The van der Waals surface area contributed by atoms with Gasteiger partial charge in [-0.1, -0.05) is 35.5 Å². The summed E-state index contributed by atoms with van der Waals surface area (Å²) in [5, 5.41) is 13.9. The molecule has 1 amide bonds. The summed E-state index contributed by atoms with van der Waals surface area (Å²) in [7, 11) is 3.31. The molecule has 0 saturated carbocycles. The molecular formula is C22H27N3O4. The van der Waals surface area contributed by atoms with Crippen LogP contribution in [0.5, 0.6) is 11.5 Å². The van der Waals surface area contributed by atoms with Crippen LogP contribution in [0.4, 0.5) is 0 Å². The summed E-state index contributed by atoms with van der Waals surface area (Å²) in [5.74, 6) is 1.08. The summed E-state index contributed by atoms with van der Waals surface area (Å²) in [6.07, 6.45) is 2.57. The lowest BCUT2D eigenvalue weighted by Gasteiger charge is -2.38. The van der Waals surface area contributed by atoms with Crippen LogP contribution in [-0.4, -0.2) is 56.1 Å². The summed E-state index contributed by atoms with van der Waals surface area (Å²) in [6.45, 7) is 2.25. The molecule has 7 nitrogen and oxygen atoms in total. The van der Waals surface area contributed by atoms with Crippen molar-refractivity contribution in [3.05, 3.63) is 59.2 Å². The Hall–Kier alpha value is -3.06. The van der Waals surface area contributed by atoms with E-state index in [2.05, 4.69) is 51.8 Å². The van der Waals surface area contributed by atoms with E-state index in [4.69, 9.17) is 14.7 Å². The third kappa shape index (κ3) is 4.86. The zero-order chi connectivity index (χ0) is 20.6. The molecule has 3 rings (SSSR count). The van der Waals surface area contributed by atoms with Gasteiger partial charge in [-0.2, -0.15) is 0 Å². The highest BCUT2D eigenvalue weighted by Crippen LogP contribution is 2.40. The maximum absolute atomic E-state index is 11.4. The Kier molecular flexibility index (Phi) is 7.08. The number of carbonyl (C=O) groups excluding carboxylic acids is 1. The molecule has 1 heterocycles. The fourth-order valence-corrected chi connectivity index (χ4v) is 3.86. The molecule has 29 heavy (non-hydrogen) atoms. The van der Waals surface area contributed by atoms with Gasteiger partial charge >= 0.3 is 0 Å². The molecule has 0 spiro atoms. The summed E-state index contributed by atoms with van der Waals surface area (Å²) in [5.41, 5.74) is 3.70. The number of ether oxygens (including phenoxy) is 2. The molecule has 0 aliphatic carbocycles. The molecule has 2 N–H and O–H groups in total. The van der Waals surface area contributed by atoms with Crippen LogP contribution in [0.15, 0.2) is 47.6 Å². The number of nitrogens with one attached hydrogen (secondary N) is 1. The van der Waals surface area contributed by atoms with Gasteiger partial charge in [-0.05, 0) is 41.7 Å². The molecule has 0 radical (unpaired) electrons. The lowest BCUT2D eigenvalue weighted by atomic mass is 9.87. The molecule has 154 valence electrons. The standard InChI is InChI=1S/C22H27N3O4/c1-28-19-13-17-9-12-25(11-6-10-23-21(26)15-24-27)22(16-7-4-3-5-8-16)18(17)14-20(19)29-2/h3-5,7-8,13-15,22,27H,6,9-12H2,1-2H3,(H,23,26)/b24-15+. The first-order valence-electron chi connectivity index (χ1n) is 9.67. The van der Waals surface area contributed by atoms with Gasteiger partial charge in [0.15, 0.2) is 11.5 Å². The first-order valence-corrected chi connectivity index (χ1v) is 9.67. The van der Waals surface area contributed by atoms with E-state index < -0.39 is 5.91 Å². The van der Waals surface area contributed by atoms with E-state index >= 15 is 0 Å². The van der Waals surface area contributed by atoms with Crippen LogP contribution in [0.3, 0.4) is 0 Å². The Labute approximate surface area is 170 Å². The molecule has 0 bridgehead atoms. The van der Waals surface area contributed by atoms with E-state index in [9.17, 15) is 4.79 Å². The molecule has 1 aliphatic heterocycles. The number of amides is 1. The summed E-state index contributed by atoms with van der Waals surface area (Å²) < 4.78 is 11.0. The first-order chi connectivity index (χ1) is 14.2. The number of carbonyl (C=O) groups is 1. The number of hydrogen-bond acceptors (Lipinski definition) is 6. The Morgan fingerprint density at radius 3 is 2.66 bits per heavy atom. The van der Waals surface area contributed by atoms with Gasteiger partial charge in [0.05, 0.1) is 20.3 Å². The van der Waals surface area contributed by atoms with E-state index in [-0.39, 0.29) is 6.04 Å². The van der Waals surface area contributed by atoms with Crippen LogP contribution in [0.1, 0.15) is 29.2 Å². The minimum Gasteiger partial charge on any atom is -0.493 e. The van der Waals surface area contributed by atoms with Crippen molar-refractivity contribution in [2.45, 2.75) is 18.9 Å². The van der Waals surface area contributed by atoms with E-state index in [1.807, 2.05) is 6.07 Å². The van der Waals surface area contributed by atoms with Crippen molar-refractivity contribution in [1.82, 2.24) is 10.2 Å². The summed E-state index contributed by atoms with van der Waals surface area (Å²) in [4.78, 5) is 13.8. The highest BCUT2D eigenvalue weighted by atomic mass is 16.5. The van der Waals surface area contributed by atoms with Crippen molar-refractivity contribution in [3.8, 4) is 11.5 Å². The van der Waals surface area contributed by atoms with Crippen LogP contribution in [0.2, 0.25) is 0 Å². The van der Waals surface area contributed by atoms with Crippen molar-refractivity contribution in [2.75, 3.05) is 33.9 Å². The molecule has 2 aromatic rings. The normalized spacial score (nSPS) is 16.4. The van der Waals surface area contributed by atoms with E-state index in [1.54, 1.807) is 14.2 Å². The van der Waals surface area contributed by atoms with Gasteiger partial charge in [-0.15, -0.1) is 0 Å². The monoisotopic (exact) mass is 397 g/mol. The Balaban J connectivity index is 1.84. The Morgan fingerprint density at radius 1 is 1.24 bits per heavy atom. The third-order valence-corrected chi connectivity index (χ3v) is 5.19. The number of benzene rings is 2. The Morgan fingerprint density at radius 2 is 1.97 bits per heavy atom. The van der Waals surface area contributed by atoms with E-state index in [0.29, 0.717) is 6.54 Å². The molecule has 1 aliphatic rings. The zero-order valence-electron chi connectivity index (χ0n) is 16.8. The van der Waals surface area contributed by atoms with Crippen molar-refractivity contribution >= 4 is 12.1 Å². The fraction of sp³-hybridized carbons (Fsp3) is 0.364. The molecule has 7 heteroatoms. The summed E-state index contributed by atoms with van der Waals surface area (Å²) >= 11 is 0. The topological polar surface area (TPSA) is 83.4 Å². The quantitative estimate of drug-likeness (QED) is 0.310. The number of methoxy groups -OCH3 is 2. The molecule has 1 unspecified atom stereocenters. The van der Waals surface area contributed by atoms with Crippen molar-refractivity contribution in [1.29, 1.82) is 0 Å². The van der Waals surface area contributed by atoms with Crippen LogP contribution >= 0.6 is 0 Å². The van der Waals surface area contributed by atoms with Gasteiger partial charge in [-0.3, -0.25) is 9.69 Å². The molecule has 1 atom stereocenters. The highest BCUT2D eigenvalue weighted by molar-refractivity contribution is 6.25. The minimum absolute atomic E-state index is 0.106. The lowest BCUT2D eigenvalue weighted by Crippen LogP contribution is -2.38. The zero-order valence-corrected chi connectivity index (χ0v) is 16.8. The van der Waals surface area contributed by atoms with Crippen LogP contribution in [0.25, 0.3) is 0 Å². The molecule has 0 saturated heterocycles. The highest BCUT2D eigenvalue weighted by Gasteiger charge is 2.30. The summed E-state index contributed by atoms with van der Waals surface area (Å²) in [6, 6.07) is 14.7. The smallest absolute Gasteiger partial charge is 0.265 e. The van der Waals surface area contributed by atoms with Gasteiger partial charge in [0.1, 0.15) is 6.21 Å². The lowest BCUT2D eigenvalue weighted by molar-refractivity contribution is -0.114.